The van der Waals surface area contributed by atoms with Crippen molar-refractivity contribution in [2.45, 2.75) is 38.8 Å². The normalized spacial score (nSPS) is 13.6. The van der Waals surface area contributed by atoms with E-state index in [2.05, 4.69) is 50.1 Å². The lowest BCUT2D eigenvalue weighted by Gasteiger charge is -2.31. The van der Waals surface area contributed by atoms with Crippen molar-refractivity contribution in [3.63, 3.8) is 0 Å². The molecule has 2 rings (SSSR count). The average Bonchev–Trinajstić information content (AvgIpc) is 2.62. The van der Waals surface area contributed by atoms with Crippen LogP contribution < -0.4 is 9.47 Å². The molecule has 0 aliphatic rings. The minimum atomic E-state index is 0.478. The topological polar surface area (TPSA) is 21.7 Å². The number of nitrogens with zero attached hydrogens (tertiary/aromatic N) is 1. The molecule has 0 spiro atoms. The second kappa shape index (κ2) is 8.74. The third kappa shape index (κ3) is 5.00. The fraction of sp³-hybridized carbons (Fsp3) is 0.429. The van der Waals surface area contributed by atoms with Crippen molar-refractivity contribution >= 4 is 0 Å². The number of methoxy groups -OCH3 is 2. The molecule has 0 aliphatic heterocycles. The van der Waals surface area contributed by atoms with E-state index in [4.69, 9.17) is 9.47 Å². The molecule has 0 bridgehead atoms. The van der Waals surface area contributed by atoms with Gasteiger partial charge in [0.25, 0.3) is 0 Å². The lowest BCUT2D eigenvalue weighted by Crippen LogP contribution is -2.39. The van der Waals surface area contributed by atoms with E-state index in [1.54, 1.807) is 14.2 Å². The van der Waals surface area contributed by atoms with Gasteiger partial charge in [-0.3, -0.25) is 0 Å². The molecule has 0 aliphatic carbocycles. The fourth-order valence-electron chi connectivity index (χ4n) is 2.93. The van der Waals surface area contributed by atoms with Crippen molar-refractivity contribution in [3.8, 4) is 11.5 Å². The summed E-state index contributed by atoms with van der Waals surface area (Å²) in [5.41, 5.74) is 2.68. The highest BCUT2D eigenvalue weighted by Gasteiger charge is 2.16. The van der Waals surface area contributed by atoms with Gasteiger partial charge in [0.1, 0.15) is 11.5 Å². The van der Waals surface area contributed by atoms with Crippen molar-refractivity contribution in [2.24, 2.45) is 0 Å². The third-order valence-corrected chi connectivity index (χ3v) is 4.77. The molecule has 0 radical (unpaired) electrons. The number of hydrogen-bond donors (Lipinski definition) is 0. The first-order valence-corrected chi connectivity index (χ1v) is 8.51. The SMILES string of the molecule is COc1ccc(CC(C)N(C)C(C)Cc2ccc(OC)cc2)cc1. The Morgan fingerprint density at radius 1 is 0.708 bits per heavy atom. The van der Waals surface area contributed by atoms with Crippen LogP contribution in [0.4, 0.5) is 0 Å². The van der Waals surface area contributed by atoms with Crippen LogP contribution in [0.25, 0.3) is 0 Å². The molecular formula is C21H29NO2. The summed E-state index contributed by atoms with van der Waals surface area (Å²) in [7, 11) is 5.61. The predicted octanol–water partition coefficient (Wildman–Crippen LogP) is 4.20. The molecule has 2 unspecified atom stereocenters. The van der Waals surface area contributed by atoms with Crippen LogP contribution in [-0.2, 0) is 12.8 Å². The van der Waals surface area contributed by atoms with Gasteiger partial charge in [0.15, 0.2) is 0 Å². The maximum absolute atomic E-state index is 5.22. The summed E-state index contributed by atoms with van der Waals surface area (Å²) >= 11 is 0. The van der Waals surface area contributed by atoms with E-state index >= 15 is 0 Å². The molecule has 0 saturated carbocycles. The third-order valence-electron chi connectivity index (χ3n) is 4.77. The van der Waals surface area contributed by atoms with E-state index in [9.17, 15) is 0 Å². The summed E-state index contributed by atoms with van der Waals surface area (Å²) in [6, 6.07) is 17.7. The predicted molar refractivity (Wildman–Crippen MR) is 100 cm³/mol. The highest BCUT2D eigenvalue weighted by Crippen LogP contribution is 2.18. The van der Waals surface area contributed by atoms with Crippen LogP contribution in [0, 0.1) is 0 Å². The quantitative estimate of drug-likeness (QED) is 0.725. The van der Waals surface area contributed by atoms with Crippen molar-refractivity contribution in [3.05, 3.63) is 59.7 Å². The zero-order valence-corrected chi connectivity index (χ0v) is 15.5. The molecule has 0 aromatic heterocycles. The van der Waals surface area contributed by atoms with Crippen molar-refractivity contribution in [1.29, 1.82) is 0 Å². The van der Waals surface area contributed by atoms with Gasteiger partial charge in [-0.05, 0) is 69.1 Å². The molecule has 130 valence electrons. The standard InChI is InChI=1S/C21H29NO2/c1-16(14-18-6-10-20(23-4)11-7-18)22(3)17(2)15-19-8-12-21(24-5)13-9-19/h6-13,16-17H,14-15H2,1-5H3. The molecule has 2 aromatic rings. The molecule has 24 heavy (non-hydrogen) atoms. The van der Waals surface area contributed by atoms with E-state index in [-0.39, 0.29) is 0 Å². The molecule has 0 N–H and O–H groups in total. The van der Waals surface area contributed by atoms with Crippen LogP contribution in [0.1, 0.15) is 25.0 Å². The Balaban J connectivity index is 1.91. The molecular weight excluding hydrogens is 298 g/mol. The molecule has 0 fully saturated rings. The smallest absolute Gasteiger partial charge is 0.118 e. The monoisotopic (exact) mass is 327 g/mol. The lowest BCUT2D eigenvalue weighted by atomic mass is 10.0. The van der Waals surface area contributed by atoms with Gasteiger partial charge in [0.2, 0.25) is 0 Å². The van der Waals surface area contributed by atoms with Crippen LogP contribution in [0.2, 0.25) is 0 Å². The Morgan fingerprint density at radius 3 is 1.33 bits per heavy atom. The molecule has 2 aromatic carbocycles. The number of rotatable bonds is 8. The van der Waals surface area contributed by atoms with E-state index < -0.39 is 0 Å². The number of ether oxygens (including phenoxy) is 2. The van der Waals surface area contributed by atoms with E-state index in [1.165, 1.54) is 11.1 Å². The zero-order chi connectivity index (χ0) is 17.5. The Morgan fingerprint density at radius 2 is 1.04 bits per heavy atom. The van der Waals surface area contributed by atoms with E-state index in [0.29, 0.717) is 12.1 Å². The first-order chi connectivity index (χ1) is 11.5. The number of likely N-dealkylation sites (N-methyl/N-ethyl adjacent to an activating group) is 1. The van der Waals surface area contributed by atoms with Gasteiger partial charge in [-0.25, -0.2) is 0 Å². The molecule has 0 amide bonds. The van der Waals surface area contributed by atoms with Gasteiger partial charge in [0, 0.05) is 12.1 Å². The van der Waals surface area contributed by atoms with Crippen LogP contribution >= 0.6 is 0 Å². The summed E-state index contributed by atoms with van der Waals surface area (Å²) in [5.74, 6) is 1.82. The van der Waals surface area contributed by atoms with Gasteiger partial charge in [0.05, 0.1) is 14.2 Å². The molecule has 0 saturated heterocycles. The van der Waals surface area contributed by atoms with Gasteiger partial charge < -0.3 is 14.4 Å². The maximum Gasteiger partial charge on any atom is 0.118 e. The zero-order valence-electron chi connectivity index (χ0n) is 15.5. The van der Waals surface area contributed by atoms with Crippen LogP contribution in [0.3, 0.4) is 0 Å². The minimum absolute atomic E-state index is 0.478. The van der Waals surface area contributed by atoms with E-state index in [0.717, 1.165) is 24.3 Å². The van der Waals surface area contributed by atoms with E-state index in [1.807, 2.05) is 24.3 Å². The average molecular weight is 327 g/mol. The minimum Gasteiger partial charge on any atom is -0.497 e. The van der Waals surface area contributed by atoms with Crippen LogP contribution in [0.15, 0.2) is 48.5 Å². The molecule has 2 atom stereocenters. The Labute approximate surface area is 146 Å². The lowest BCUT2D eigenvalue weighted by molar-refractivity contribution is 0.193. The fourth-order valence-corrected chi connectivity index (χ4v) is 2.93. The van der Waals surface area contributed by atoms with Crippen LogP contribution in [0.5, 0.6) is 11.5 Å². The highest BCUT2D eigenvalue weighted by atomic mass is 16.5. The van der Waals surface area contributed by atoms with Gasteiger partial charge >= 0.3 is 0 Å². The second-order valence-electron chi connectivity index (χ2n) is 6.47. The number of hydrogen-bond acceptors (Lipinski definition) is 3. The van der Waals surface area contributed by atoms with Crippen molar-refractivity contribution < 1.29 is 9.47 Å². The van der Waals surface area contributed by atoms with Crippen molar-refractivity contribution in [1.82, 2.24) is 4.90 Å². The summed E-state index contributed by atoms with van der Waals surface area (Å²) in [4.78, 5) is 2.45. The summed E-state index contributed by atoms with van der Waals surface area (Å²) in [6.45, 7) is 4.57. The molecule has 3 heteroatoms. The Bertz CT molecular complexity index is 551. The largest absolute Gasteiger partial charge is 0.497 e. The van der Waals surface area contributed by atoms with Gasteiger partial charge in [-0.15, -0.1) is 0 Å². The summed E-state index contributed by atoms with van der Waals surface area (Å²) < 4.78 is 10.4. The first kappa shape index (κ1) is 18.3. The second-order valence-corrected chi connectivity index (χ2v) is 6.47. The summed E-state index contributed by atoms with van der Waals surface area (Å²) in [5, 5.41) is 0. The summed E-state index contributed by atoms with van der Waals surface area (Å²) in [6.07, 6.45) is 2.07. The first-order valence-electron chi connectivity index (χ1n) is 8.51. The van der Waals surface area contributed by atoms with Gasteiger partial charge in [-0.2, -0.15) is 0 Å². The Hall–Kier alpha value is -2.00. The van der Waals surface area contributed by atoms with Gasteiger partial charge in [-0.1, -0.05) is 24.3 Å². The molecule has 3 nitrogen and oxygen atoms in total. The maximum atomic E-state index is 5.22. The van der Waals surface area contributed by atoms with Crippen molar-refractivity contribution in [2.75, 3.05) is 21.3 Å². The highest BCUT2D eigenvalue weighted by molar-refractivity contribution is 5.28. The number of benzene rings is 2. The van der Waals surface area contributed by atoms with Crippen LogP contribution in [-0.4, -0.2) is 38.3 Å². The Kier molecular flexibility index (Phi) is 6.68. The molecule has 0 heterocycles.